The zero-order valence-electron chi connectivity index (χ0n) is 14.6. The Labute approximate surface area is 150 Å². The summed E-state index contributed by atoms with van der Waals surface area (Å²) >= 11 is 0. The number of carbonyl (C=O) groups is 3. The van der Waals surface area contributed by atoms with E-state index in [0.717, 1.165) is 5.56 Å². The number of hydrogen-bond donors (Lipinski definition) is 3. The molecule has 136 valence electrons. The van der Waals surface area contributed by atoms with Crippen molar-refractivity contribution in [3.8, 4) is 0 Å². The molecule has 7 heteroatoms. The third kappa shape index (κ3) is 6.01. The van der Waals surface area contributed by atoms with Gasteiger partial charge in [-0.3, -0.25) is 14.4 Å². The summed E-state index contributed by atoms with van der Waals surface area (Å²) in [7, 11) is 0. The van der Waals surface area contributed by atoms with Crippen molar-refractivity contribution >= 4 is 29.1 Å². The lowest BCUT2D eigenvalue weighted by atomic mass is 10.1. The molecule has 3 amide bonds. The monoisotopic (exact) mass is 357 g/mol. The molecular weight excluding hydrogens is 337 g/mol. The highest BCUT2D eigenvalue weighted by atomic mass is 19.1. The maximum Gasteiger partial charge on any atom is 0.243 e. The second-order valence-corrected chi connectivity index (χ2v) is 5.84. The van der Waals surface area contributed by atoms with Gasteiger partial charge in [-0.1, -0.05) is 18.2 Å². The molecule has 0 atom stereocenters. The van der Waals surface area contributed by atoms with Crippen LogP contribution in [0.4, 0.5) is 15.8 Å². The number of halogens is 1. The third-order valence-electron chi connectivity index (χ3n) is 3.53. The van der Waals surface area contributed by atoms with E-state index >= 15 is 0 Å². The first kappa shape index (κ1) is 19.1. The standard InChI is InChI=1S/C19H20FN3O3/c1-12-6-7-16(22-13(2)24)10-17(12)23-19(26)11-21-18(25)9-14-4-3-5-15(20)8-14/h3-8,10H,9,11H2,1-2H3,(H,21,25)(H,22,24)(H,23,26). The molecule has 6 nitrogen and oxygen atoms in total. The van der Waals surface area contributed by atoms with Gasteiger partial charge in [0.05, 0.1) is 13.0 Å². The van der Waals surface area contributed by atoms with Crippen LogP contribution in [0.15, 0.2) is 42.5 Å². The van der Waals surface area contributed by atoms with E-state index in [1.165, 1.54) is 25.1 Å². The first-order valence-electron chi connectivity index (χ1n) is 8.02. The largest absolute Gasteiger partial charge is 0.347 e. The SMILES string of the molecule is CC(=O)Nc1ccc(C)c(NC(=O)CNC(=O)Cc2cccc(F)c2)c1. The molecule has 0 aliphatic carbocycles. The van der Waals surface area contributed by atoms with Crippen molar-refractivity contribution in [3.63, 3.8) is 0 Å². The van der Waals surface area contributed by atoms with Crippen LogP contribution in [-0.2, 0) is 20.8 Å². The van der Waals surface area contributed by atoms with E-state index in [-0.39, 0.29) is 24.8 Å². The summed E-state index contributed by atoms with van der Waals surface area (Å²) in [5.41, 5.74) is 2.45. The van der Waals surface area contributed by atoms with Crippen LogP contribution < -0.4 is 16.0 Å². The van der Waals surface area contributed by atoms with E-state index in [0.29, 0.717) is 16.9 Å². The Morgan fingerprint density at radius 2 is 1.77 bits per heavy atom. The topological polar surface area (TPSA) is 87.3 Å². The minimum atomic E-state index is -0.414. The van der Waals surface area contributed by atoms with Gasteiger partial charge in [0.15, 0.2) is 0 Å². The highest BCUT2D eigenvalue weighted by Gasteiger charge is 2.09. The Hall–Kier alpha value is -3.22. The molecule has 2 aromatic carbocycles. The predicted molar refractivity (Wildman–Crippen MR) is 97.2 cm³/mol. The fourth-order valence-electron chi connectivity index (χ4n) is 2.31. The number of anilines is 2. The number of benzene rings is 2. The second kappa shape index (κ2) is 8.75. The molecule has 26 heavy (non-hydrogen) atoms. The van der Waals surface area contributed by atoms with Crippen molar-refractivity contribution in [1.29, 1.82) is 0 Å². The number of amides is 3. The van der Waals surface area contributed by atoms with Gasteiger partial charge < -0.3 is 16.0 Å². The molecule has 2 aromatic rings. The van der Waals surface area contributed by atoms with Gasteiger partial charge in [-0.25, -0.2) is 4.39 Å². The van der Waals surface area contributed by atoms with E-state index in [2.05, 4.69) is 16.0 Å². The third-order valence-corrected chi connectivity index (χ3v) is 3.53. The van der Waals surface area contributed by atoms with Gasteiger partial charge >= 0.3 is 0 Å². The number of carbonyl (C=O) groups excluding carboxylic acids is 3. The van der Waals surface area contributed by atoms with Crippen LogP contribution in [0.3, 0.4) is 0 Å². The van der Waals surface area contributed by atoms with Crippen LogP contribution in [0.1, 0.15) is 18.1 Å². The molecule has 0 radical (unpaired) electrons. The molecule has 0 aromatic heterocycles. The van der Waals surface area contributed by atoms with Crippen LogP contribution in [0.2, 0.25) is 0 Å². The van der Waals surface area contributed by atoms with Crippen molar-refractivity contribution < 1.29 is 18.8 Å². The Morgan fingerprint density at radius 3 is 2.46 bits per heavy atom. The van der Waals surface area contributed by atoms with Gasteiger partial charge in [-0.2, -0.15) is 0 Å². The lowest BCUT2D eigenvalue weighted by Gasteiger charge is -2.11. The van der Waals surface area contributed by atoms with E-state index in [1.54, 1.807) is 24.3 Å². The second-order valence-electron chi connectivity index (χ2n) is 5.84. The first-order valence-corrected chi connectivity index (χ1v) is 8.02. The first-order chi connectivity index (χ1) is 12.3. The average molecular weight is 357 g/mol. The summed E-state index contributed by atoms with van der Waals surface area (Å²) < 4.78 is 13.1. The quantitative estimate of drug-likeness (QED) is 0.742. The summed E-state index contributed by atoms with van der Waals surface area (Å²) in [5.74, 6) is -1.41. The highest BCUT2D eigenvalue weighted by molar-refractivity contribution is 5.96. The molecule has 0 saturated carbocycles. The molecule has 0 aliphatic rings. The number of nitrogens with one attached hydrogen (secondary N) is 3. The van der Waals surface area contributed by atoms with Crippen molar-refractivity contribution in [2.45, 2.75) is 20.3 Å². The summed E-state index contributed by atoms with van der Waals surface area (Å²) in [4.78, 5) is 35.0. The molecule has 2 rings (SSSR count). The van der Waals surface area contributed by atoms with Crippen LogP contribution in [0, 0.1) is 12.7 Å². The zero-order valence-corrected chi connectivity index (χ0v) is 14.6. The number of hydrogen-bond acceptors (Lipinski definition) is 3. The van der Waals surface area contributed by atoms with Crippen LogP contribution in [-0.4, -0.2) is 24.3 Å². The maximum absolute atomic E-state index is 13.1. The van der Waals surface area contributed by atoms with Crippen molar-refractivity contribution in [3.05, 3.63) is 59.4 Å². The van der Waals surface area contributed by atoms with Gasteiger partial charge in [-0.05, 0) is 42.3 Å². The van der Waals surface area contributed by atoms with E-state index in [1.807, 2.05) is 6.92 Å². The minimum absolute atomic E-state index is 0.0118. The molecule has 0 unspecified atom stereocenters. The molecular formula is C19H20FN3O3. The molecule has 0 fully saturated rings. The summed E-state index contributed by atoms with van der Waals surface area (Å²) in [6.07, 6.45) is -0.0118. The van der Waals surface area contributed by atoms with E-state index in [9.17, 15) is 18.8 Å². The van der Waals surface area contributed by atoms with Crippen molar-refractivity contribution in [2.24, 2.45) is 0 Å². The van der Waals surface area contributed by atoms with E-state index in [4.69, 9.17) is 0 Å². The lowest BCUT2D eigenvalue weighted by molar-refractivity contribution is -0.123. The summed E-state index contributed by atoms with van der Waals surface area (Å²) in [6.45, 7) is 3.00. The van der Waals surface area contributed by atoms with E-state index < -0.39 is 11.7 Å². The smallest absolute Gasteiger partial charge is 0.243 e. The molecule has 3 N–H and O–H groups in total. The van der Waals surface area contributed by atoms with Crippen molar-refractivity contribution in [2.75, 3.05) is 17.2 Å². The Balaban J connectivity index is 1.88. The van der Waals surface area contributed by atoms with Gasteiger partial charge in [0.1, 0.15) is 5.82 Å². The van der Waals surface area contributed by atoms with Crippen LogP contribution in [0.5, 0.6) is 0 Å². The fraction of sp³-hybridized carbons (Fsp3) is 0.211. The molecule has 0 spiro atoms. The van der Waals surface area contributed by atoms with Gasteiger partial charge in [0.25, 0.3) is 0 Å². The maximum atomic E-state index is 13.1. The highest BCUT2D eigenvalue weighted by Crippen LogP contribution is 2.20. The van der Waals surface area contributed by atoms with Gasteiger partial charge in [0, 0.05) is 18.3 Å². The Bertz CT molecular complexity index is 837. The van der Waals surface area contributed by atoms with Gasteiger partial charge in [0.2, 0.25) is 17.7 Å². The Kier molecular flexibility index (Phi) is 6.43. The fourth-order valence-corrected chi connectivity index (χ4v) is 2.31. The minimum Gasteiger partial charge on any atom is -0.347 e. The Morgan fingerprint density at radius 1 is 1.00 bits per heavy atom. The number of rotatable bonds is 6. The molecule has 0 aliphatic heterocycles. The van der Waals surface area contributed by atoms with Crippen LogP contribution in [0.25, 0.3) is 0 Å². The predicted octanol–water partition coefficient (Wildman–Crippen LogP) is 2.39. The zero-order chi connectivity index (χ0) is 19.1. The summed E-state index contributed by atoms with van der Waals surface area (Å²) in [5, 5.41) is 7.82. The normalized spacial score (nSPS) is 10.1. The lowest BCUT2D eigenvalue weighted by Crippen LogP contribution is -2.33. The summed E-state index contributed by atoms with van der Waals surface area (Å²) in [6, 6.07) is 10.9. The molecule has 0 bridgehead atoms. The average Bonchev–Trinajstić information content (AvgIpc) is 2.55. The van der Waals surface area contributed by atoms with Crippen LogP contribution >= 0.6 is 0 Å². The van der Waals surface area contributed by atoms with Crippen molar-refractivity contribution in [1.82, 2.24) is 5.32 Å². The van der Waals surface area contributed by atoms with Gasteiger partial charge in [-0.15, -0.1) is 0 Å². The molecule has 0 saturated heterocycles. The number of aryl methyl sites for hydroxylation is 1. The molecule has 0 heterocycles.